The first-order chi connectivity index (χ1) is 12.9. The number of rotatable bonds is 6. The first kappa shape index (κ1) is 19.0. The number of anilines is 2. The maximum Gasteiger partial charge on any atom is 0.274 e. The molecule has 0 saturated heterocycles. The van der Waals surface area contributed by atoms with Crippen molar-refractivity contribution in [3.05, 3.63) is 77.7 Å². The molecule has 0 aliphatic rings. The van der Waals surface area contributed by atoms with E-state index in [0.717, 1.165) is 27.8 Å². The fourth-order valence-corrected chi connectivity index (χ4v) is 4.85. The second kappa shape index (κ2) is 7.85. The van der Waals surface area contributed by atoms with Gasteiger partial charge in [-0.25, -0.2) is 17.2 Å². The van der Waals surface area contributed by atoms with Gasteiger partial charge in [0.15, 0.2) is 0 Å². The Morgan fingerprint density at radius 2 is 1.70 bits per heavy atom. The van der Waals surface area contributed by atoms with Crippen LogP contribution in [0.5, 0.6) is 0 Å². The van der Waals surface area contributed by atoms with E-state index in [1.807, 2.05) is 0 Å². The van der Waals surface area contributed by atoms with E-state index in [0.29, 0.717) is 0 Å². The van der Waals surface area contributed by atoms with Gasteiger partial charge in [-0.2, -0.15) is 0 Å². The average Bonchev–Trinajstić information content (AvgIpc) is 3.18. The molecule has 5 nitrogen and oxygen atoms in total. The van der Waals surface area contributed by atoms with Crippen molar-refractivity contribution in [2.24, 2.45) is 0 Å². The van der Waals surface area contributed by atoms with Gasteiger partial charge < -0.3 is 5.32 Å². The third-order valence-electron chi connectivity index (χ3n) is 3.59. The predicted molar refractivity (Wildman–Crippen MR) is 100 cm³/mol. The molecule has 0 atom stereocenters. The summed E-state index contributed by atoms with van der Waals surface area (Å²) in [5.41, 5.74) is 0.0589. The van der Waals surface area contributed by atoms with Crippen LogP contribution in [0.25, 0.3) is 0 Å². The van der Waals surface area contributed by atoms with E-state index in [2.05, 4.69) is 5.32 Å². The van der Waals surface area contributed by atoms with Crippen LogP contribution >= 0.6 is 11.3 Å². The third-order valence-corrected chi connectivity index (χ3v) is 6.74. The summed E-state index contributed by atoms with van der Waals surface area (Å²) in [6.07, 6.45) is 0. The molecule has 2 aromatic carbocycles. The number of carbonyl (C=O) groups is 1. The number of carbonyl (C=O) groups excluding carboxylic acids is 1. The fourth-order valence-electron chi connectivity index (χ4n) is 2.32. The molecule has 0 aliphatic heterocycles. The van der Waals surface area contributed by atoms with E-state index in [9.17, 15) is 22.0 Å². The quantitative estimate of drug-likeness (QED) is 0.674. The van der Waals surface area contributed by atoms with Crippen molar-refractivity contribution in [3.8, 4) is 0 Å². The van der Waals surface area contributed by atoms with E-state index in [-0.39, 0.29) is 15.6 Å². The maximum atomic E-state index is 13.7. The molecule has 0 bridgehead atoms. The summed E-state index contributed by atoms with van der Waals surface area (Å²) in [6, 6.07) is 13.2. The number of thiophene rings is 1. The standard InChI is InChI=1S/C18H14F2N2O3S2/c19-13-7-9-14(10-8-13)22(27(24,25)18-6-3-11-26-18)12-17(23)21-16-5-2-1-4-15(16)20/h1-11H,12H2,(H,21,23). The van der Waals surface area contributed by atoms with Crippen LogP contribution in [-0.2, 0) is 14.8 Å². The molecule has 140 valence electrons. The molecular weight excluding hydrogens is 394 g/mol. The molecule has 0 aliphatic carbocycles. The first-order valence-electron chi connectivity index (χ1n) is 7.74. The number of benzene rings is 2. The molecule has 1 aromatic heterocycles. The molecule has 1 N–H and O–H groups in total. The van der Waals surface area contributed by atoms with E-state index >= 15 is 0 Å². The lowest BCUT2D eigenvalue weighted by Gasteiger charge is -2.23. The summed E-state index contributed by atoms with van der Waals surface area (Å²) in [5.74, 6) is -1.91. The van der Waals surface area contributed by atoms with Crippen molar-refractivity contribution in [2.75, 3.05) is 16.2 Å². The second-order valence-electron chi connectivity index (χ2n) is 5.45. The van der Waals surface area contributed by atoms with Crippen LogP contribution in [0.1, 0.15) is 0 Å². The van der Waals surface area contributed by atoms with Crippen molar-refractivity contribution >= 4 is 38.6 Å². The SMILES string of the molecule is O=C(CN(c1ccc(F)cc1)S(=O)(=O)c1cccs1)Nc1ccccc1F. The van der Waals surface area contributed by atoms with Gasteiger partial charge in [-0.3, -0.25) is 9.10 Å². The van der Waals surface area contributed by atoms with Crippen molar-refractivity contribution in [1.82, 2.24) is 0 Å². The second-order valence-corrected chi connectivity index (χ2v) is 8.49. The van der Waals surface area contributed by atoms with Gasteiger partial charge in [0, 0.05) is 0 Å². The summed E-state index contributed by atoms with van der Waals surface area (Å²) in [7, 11) is -4.05. The van der Waals surface area contributed by atoms with Crippen molar-refractivity contribution in [1.29, 1.82) is 0 Å². The van der Waals surface area contributed by atoms with Crippen LogP contribution < -0.4 is 9.62 Å². The lowest BCUT2D eigenvalue weighted by Crippen LogP contribution is -2.38. The zero-order valence-electron chi connectivity index (χ0n) is 13.8. The minimum atomic E-state index is -4.05. The van der Waals surface area contributed by atoms with Crippen molar-refractivity contribution in [2.45, 2.75) is 4.21 Å². The maximum absolute atomic E-state index is 13.7. The van der Waals surface area contributed by atoms with Crippen LogP contribution in [0.3, 0.4) is 0 Å². The molecule has 27 heavy (non-hydrogen) atoms. The lowest BCUT2D eigenvalue weighted by molar-refractivity contribution is -0.114. The highest BCUT2D eigenvalue weighted by Gasteiger charge is 2.28. The van der Waals surface area contributed by atoms with E-state index in [4.69, 9.17) is 0 Å². The number of hydrogen-bond donors (Lipinski definition) is 1. The smallest absolute Gasteiger partial charge is 0.274 e. The summed E-state index contributed by atoms with van der Waals surface area (Å²) in [5, 5.41) is 3.94. The molecule has 0 unspecified atom stereocenters. The van der Waals surface area contributed by atoms with E-state index in [1.54, 1.807) is 17.5 Å². The monoisotopic (exact) mass is 408 g/mol. The Morgan fingerprint density at radius 1 is 1.00 bits per heavy atom. The number of nitrogens with one attached hydrogen (secondary N) is 1. The molecule has 0 radical (unpaired) electrons. The fraction of sp³-hybridized carbons (Fsp3) is 0.0556. The Morgan fingerprint density at radius 3 is 2.33 bits per heavy atom. The molecule has 3 aromatic rings. The number of sulfonamides is 1. The van der Waals surface area contributed by atoms with Gasteiger partial charge in [0.2, 0.25) is 5.91 Å². The van der Waals surface area contributed by atoms with E-state index in [1.165, 1.54) is 36.4 Å². The lowest BCUT2D eigenvalue weighted by atomic mass is 10.3. The molecule has 1 amide bonds. The first-order valence-corrected chi connectivity index (χ1v) is 10.1. The Labute approximate surface area is 158 Å². The zero-order valence-corrected chi connectivity index (χ0v) is 15.4. The van der Waals surface area contributed by atoms with Crippen LogP contribution in [0.15, 0.2) is 70.3 Å². The van der Waals surface area contributed by atoms with Gasteiger partial charge in [0.05, 0.1) is 11.4 Å². The molecule has 0 spiro atoms. The number of hydrogen-bond acceptors (Lipinski definition) is 4. The Bertz CT molecular complexity index is 1040. The number of nitrogens with zero attached hydrogens (tertiary/aromatic N) is 1. The third kappa shape index (κ3) is 4.32. The molecule has 3 rings (SSSR count). The van der Waals surface area contributed by atoms with Gasteiger partial charge in [0.25, 0.3) is 10.0 Å². The minimum absolute atomic E-state index is 0.0329. The Kier molecular flexibility index (Phi) is 5.52. The highest BCUT2D eigenvalue weighted by molar-refractivity contribution is 7.94. The van der Waals surface area contributed by atoms with Crippen molar-refractivity contribution < 1.29 is 22.0 Å². The summed E-state index contributed by atoms with van der Waals surface area (Å²) < 4.78 is 53.7. The number of para-hydroxylation sites is 1. The van der Waals surface area contributed by atoms with Crippen LogP contribution in [0.2, 0.25) is 0 Å². The Balaban J connectivity index is 1.92. The van der Waals surface area contributed by atoms with Gasteiger partial charge in [-0.05, 0) is 47.8 Å². The molecular formula is C18H14F2N2O3S2. The largest absolute Gasteiger partial charge is 0.322 e. The van der Waals surface area contributed by atoms with Crippen LogP contribution in [-0.4, -0.2) is 20.9 Å². The van der Waals surface area contributed by atoms with Crippen molar-refractivity contribution in [3.63, 3.8) is 0 Å². The molecule has 0 fully saturated rings. The Hall–Kier alpha value is -2.78. The predicted octanol–water partition coefficient (Wildman–Crippen LogP) is 3.86. The van der Waals surface area contributed by atoms with Crippen LogP contribution in [0, 0.1) is 11.6 Å². The molecule has 9 heteroatoms. The minimum Gasteiger partial charge on any atom is -0.322 e. The normalized spacial score (nSPS) is 11.2. The van der Waals surface area contributed by atoms with Crippen LogP contribution in [0.4, 0.5) is 20.2 Å². The zero-order chi connectivity index (χ0) is 19.4. The summed E-state index contributed by atoms with van der Waals surface area (Å²) in [4.78, 5) is 12.4. The highest BCUT2D eigenvalue weighted by Crippen LogP contribution is 2.27. The summed E-state index contributed by atoms with van der Waals surface area (Å²) in [6.45, 7) is -0.597. The van der Waals surface area contributed by atoms with Gasteiger partial charge in [0.1, 0.15) is 22.4 Å². The van der Waals surface area contributed by atoms with Gasteiger partial charge in [-0.15, -0.1) is 11.3 Å². The molecule has 1 heterocycles. The van der Waals surface area contributed by atoms with E-state index < -0.39 is 34.1 Å². The highest BCUT2D eigenvalue weighted by atomic mass is 32.2. The summed E-state index contributed by atoms with van der Waals surface area (Å²) >= 11 is 0.994. The number of halogens is 2. The topological polar surface area (TPSA) is 66.5 Å². The average molecular weight is 408 g/mol. The number of amides is 1. The van der Waals surface area contributed by atoms with Gasteiger partial charge >= 0.3 is 0 Å². The van der Waals surface area contributed by atoms with Gasteiger partial charge in [-0.1, -0.05) is 18.2 Å². The molecule has 0 saturated carbocycles.